The van der Waals surface area contributed by atoms with Crippen molar-refractivity contribution in [3.8, 4) is 0 Å². The van der Waals surface area contributed by atoms with Crippen LogP contribution in [0.5, 0.6) is 0 Å². The third kappa shape index (κ3) is 4.51. The molecule has 1 aromatic rings. The molecule has 1 heterocycles. The predicted octanol–water partition coefficient (Wildman–Crippen LogP) is 2.84. The van der Waals surface area contributed by atoms with Gasteiger partial charge in [0, 0.05) is 29.4 Å². The smallest absolute Gasteiger partial charge is 0.245 e. The van der Waals surface area contributed by atoms with Crippen LogP contribution in [0.4, 0.5) is 0 Å². The Bertz CT molecular complexity index is 782. The third-order valence-electron chi connectivity index (χ3n) is 6.88. The number of amides is 2. The summed E-state index contributed by atoms with van der Waals surface area (Å²) in [5.74, 6) is -0.494. The van der Waals surface area contributed by atoms with Crippen molar-refractivity contribution in [1.29, 1.82) is 0 Å². The molecule has 7 heteroatoms. The average Bonchev–Trinajstić information content (AvgIpc) is 3.14. The number of piperidine rings is 1. The van der Waals surface area contributed by atoms with E-state index in [2.05, 4.69) is 5.32 Å². The standard InChI is InChI=1S/C23H33ClN2O4/c1-4-19(25-20(28)15-5-10-18(27)13-15)21(29)26-12-11-23(30,22(2,3)14-26)16-6-8-17(24)9-7-16/h6-9,15,18-19,27,30H,4-5,10-14H2,1-3H3,(H,25,28)/t15-,18-,19-,23+/m1/s1. The molecular weight excluding hydrogens is 404 g/mol. The maximum atomic E-state index is 13.2. The summed E-state index contributed by atoms with van der Waals surface area (Å²) in [5.41, 5.74) is -0.851. The number of rotatable bonds is 5. The molecule has 166 valence electrons. The largest absolute Gasteiger partial charge is 0.393 e. The first-order valence-electron chi connectivity index (χ1n) is 10.8. The number of hydrogen-bond donors (Lipinski definition) is 3. The van der Waals surface area contributed by atoms with Crippen LogP contribution >= 0.6 is 11.6 Å². The van der Waals surface area contributed by atoms with Crippen LogP contribution < -0.4 is 5.32 Å². The highest BCUT2D eigenvalue weighted by Gasteiger charge is 2.50. The number of carbonyl (C=O) groups is 2. The summed E-state index contributed by atoms with van der Waals surface area (Å²) in [4.78, 5) is 27.5. The Morgan fingerprint density at radius 2 is 1.93 bits per heavy atom. The van der Waals surface area contributed by atoms with Crippen molar-refractivity contribution in [2.45, 2.75) is 70.6 Å². The van der Waals surface area contributed by atoms with Crippen molar-refractivity contribution in [1.82, 2.24) is 10.2 Å². The van der Waals surface area contributed by atoms with E-state index in [0.717, 1.165) is 5.56 Å². The van der Waals surface area contributed by atoms with Crippen LogP contribution in [0.3, 0.4) is 0 Å². The highest BCUT2D eigenvalue weighted by atomic mass is 35.5. The van der Waals surface area contributed by atoms with Gasteiger partial charge in [0.05, 0.1) is 11.7 Å². The van der Waals surface area contributed by atoms with E-state index in [1.54, 1.807) is 17.0 Å². The van der Waals surface area contributed by atoms with Gasteiger partial charge in [-0.25, -0.2) is 0 Å². The van der Waals surface area contributed by atoms with Gasteiger partial charge in [0.1, 0.15) is 6.04 Å². The van der Waals surface area contributed by atoms with Crippen LogP contribution in [0.2, 0.25) is 5.02 Å². The molecule has 2 fully saturated rings. The fraction of sp³-hybridized carbons (Fsp3) is 0.652. The van der Waals surface area contributed by atoms with E-state index >= 15 is 0 Å². The maximum absolute atomic E-state index is 13.2. The molecule has 1 aromatic carbocycles. The van der Waals surface area contributed by atoms with E-state index in [0.29, 0.717) is 50.2 Å². The average molecular weight is 437 g/mol. The SMILES string of the molecule is CC[C@@H](NC(=O)[C@@H]1CC[C@@H](O)C1)C(=O)N1CC[C@](O)(c2ccc(Cl)cc2)C(C)(C)C1. The Hall–Kier alpha value is -1.63. The molecule has 3 rings (SSSR count). The van der Waals surface area contributed by atoms with Crippen LogP contribution in [0.15, 0.2) is 24.3 Å². The molecule has 0 radical (unpaired) electrons. The minimum Gasteiger partial charge on any atom is -0.393 e. The van der Waals surface area contributed by atoms with Crippen LogP contribution in [-0.4, -0.2) is 52.2 Å². The van der Waals surface area contributed by atoms with Gasteiger partial charge >= 0.3 is 0 Å². The van der Waals surface area contributed by atoms with Gasteiger partial charge in [-0.05, 0) is 49.8 Å². The van der Waals surface area contributed by atoms with Crippen LogP contribution in [-0.2, 0) is 15.2 Å². The molecule has 4 atom stereocenters. The topological polar surface area (TPSA) is 89.9 Å². The number of halogens is 1. The monoisotopic (exact) mass is 436 g/mol. The summed E-state index contributed by atoms with van der Waals surface area (Å²) in [6, 6.07) is 6.63. The minimum absolute atomic E-state index is 0.115. The van der Waals surface area contributed by atoms with Crippen molar-refractivity contribution in [2.75, 3.05) is 13.1 Å². The fourth-order valence-electron chi connectivity index (χ4n) is 4.82. The molecule has 0 spiro atoms. The number of likely N-dealkylation sites (tertiary alicyclic amines) is 1. The summed E-state index contributed by atoms with van der Waals surface area (Å²) in [6.07, 6.45) is 2.23. The Morgan fingerprint density at radius 1 is 1.27 bits per heavy atom. The lowest BCUT2D eigenvalue weighted by Gasteiger charge is -2.51. The molecule has 0 aromatic heterocycles. The van der Waals surface area contributed by atoms with Crippen LogP contribution in [0.1, 0.15) is 58.4 Å². The number of aliphatic hydroxyl groups is 2. The maximum Gasteiger partial charge on any atom is 0.245 e. The van der Waals surface area contributed by atoms with Gasteiger partial charge in [0.2, 0.25) is 11.8 Å². The summed E-state index contributed by atoms with van der Waals surface area (Å²) in [6.45, 7) is 6.60. The van der Waals surface area contributed by atoms with E-state index < -0.39 is 23.2 Å². The highest BCUT2D eigenvalue weighted by Crippen LogP contribution is 2.46. The molecule has 3 N–H and O–H groups in total. The van der Waals surface area contributed by atoms with Gasteiger partial charge in [0.15, 0.2) is 0 Å². The lowest BCUT2D eigenvalue weighted by Crippen LogP contribution is -2.59. The Balaban J connectivity index is 1.68. The quantitative estimate of drug-likeness (QED) is 0.662. The second-order valence-electron chi connectivity index (χ2n) is 9.39. The van der Waals surface area contributed by atoms with Gasteiger partial charge in [-0.3, -0.25) is 9.59 Å². The second-order valence-corrected chi connectivity index (χ2v) is 9.83. The van der Waals surface area contributed by atoms with Gasteiger partial charge in [0.25, 0.3) is 0 Å². The summed E-state index contributed by atoms with van der Waals surface area (Å²) in [7, 11) is 0. The van der Waals surface area contributed by atoms with Crippen molar-refractivity contribution >= 4 is 23.4 Å². The molecule has 2 aliphatic rings. The molecule has 6 nitrogen and oxygen atoms in total. The van der Waals surface area contributed by atoms with E-state index in [9.17, 15) is 19.8 Å². The predicted molar refractivity (Wildman–Crippen MR) is 116 cm³/mol. The molecule has 1 saturated heterocycles. The van der Waals surface area contributed by atoms with E-state index in [4.69, 9.17) is 11.6 Å². The van der Waals surface area contributed by atoms with Gasteiger partial charge in [-0.1, -0.05) is 44.5 Å². The summed E-state index contributed by atoms with van der Waals surface area (Å²) < 4.78 is 0. The molecule has 0 bridgehead atoms. The molecule has 30 heavy (non-hydrogen) atoms. The molecule has 2 amide bonds. The zero-order valence-electron chi connectivity index (χ0n) is 18.0. The van der Waals surface area contributed by atoms with Crippen molar-refractivity contribution in [2.24, 2.45) is 11.3 Å². The van der Waals surface area contributed by atoms with E-state index in [-0.39, 0.29) is 17.7 Å². The Labute approximate surface area is 183 Å². The minimum atomic E-state index is -1.07. The van der Waals surface area contributed by atoms with Crippen molar-refractivity contribution in [3.63, 3.8) is 0 Å². The van der Waals surface area contributed by atoms with Crippen LogP contribution in [0, 0.1) is 11.3 Å². The first-order chi connectivity index (χ1) is 14.1. The van der Waals surface area contributed by atoms with Crippen molar-refractivity contribution < 1.29 is 19.8 Å². The van der Waals surface area contributed by atoms with E-state index in [1.807, 2.05) is 32.9 Å². The first-order valence-corrected chi connectivity index (χ1v) is 11.2. The van der Waals surface area contributed by atoms with Gasteiger partial charge in [-0.15, -0.1) is 0 Å². The lowest BCUT2D eigenvalue weighted by molar-refractivity contribution is -0.156. The normalized spacial score (nSPS) is 29.5. The number of aliphatic hydroxyl groups excluding tert-OH is 1. The van der Waals surface area contributed by atoms with Crippen molar-refractivity contribution in [3.05, 3.63) is 34.9 Å². The zero-order valence-corrected chi connectivity index (χ0v) is 18.8. The fourth-order valence-corrected chi connectivity index (χ4v) is 4.94. The Kier molecular flexibility index (Phi) is 6.80. The number of nitrogens with one attached hydrogen (secondary N) is 1. The summed E-state index contributed by atoms with van der Waals surface area (Å²) >= 11 is 6.00. The molecule has 1 aliphatic heterocycles. The zero-order chi connectivity index (χ0) is 22.1. The Morgan fingerprint density at radius 3 is 2.47 bits per heavy atom. The number of benzene rings is 1. The second kappa shape index (κ2) is 8.85. The number of nitrogens with zero attached hydrogens (tertiary/aromatic N) is 1. The van der Waals surface area contributed by atoms with Gasteiger partial charge in [-0.2, -0.15) is 0 Å². The highest BCUT2D eigenvalue weighted by molar-refractivity contribution is 6.30. The number of carbonyl (C=O) groups excluding carboxylic acids is 2. The van der Waals surface area contributed by atoms with Crippen LogP contribution in [0.25, 0.3) is 0 Å². The third-order valence-corrected chi connectivity index (χ3v) is 7.13. The van der Waals surface area contributed by atoms with E-state index in [1.165, 1.54) is 0 Å². The molecule has 1 aliphatic carbocycles. The first kappa shape index (κ1) is 23.0. The lowest BCUT2D eigenvalue weighted by atomic mass is 9.66. The molecule has 0 unspecified atom stereocenters. The summed E-state index contributed by atoms with van der Waals surface area (Å²) in [5, 5.41) is 24.7. The van der Waals surface area contributed by atoms with Gasteiger partial charge < -0.3 is 20.4 Å². The molecular formula is C23H33ClN2O4. The number of hydrogen-bond acceptors (Lipinski definition) is 4. The molecule has 1 saturated carbocycles.